The summed E-state index contributed by atoms with van der Waals surface area (Å²) in [6, 6.07) is 18.4. The van der Waals surface area contributed by atoms with Crippen LogP contribution in [0.5, 0.6) is 0 Å². The summed E-state index contributed by atoms with van der Waals surface area (Å²) in [4.78, 5) is 21.6. The molecular formula is C23H26N4O. The number of aromatic nitrogens is 1. The Hall–Kier alpha value is -2.92. The lowest BCUT2D eigenvalue weighted by Crippen LogP contribution is -2.48. The second kappa shape index (κ2) is 8.40. The fourth-order valence-electron chi connectivity index (χ4n) is 3.68. The van der Waals surface area contributed by atoms with Gasteiger partial charge in [0.2, 0.25) is 0 Å². The van der Waals surface area contributed by atoms with E-state index in [1.807, 2.05) is 30.3 Å². The minimum atomic E-state index is -0.0587. The van der Waals surface area contributed by atoms with Crippen LogP contribution in [0.4, 0.5) is 5.69 Å². The Morgan fingerprint density at radius 2 is 1.86 bits per heavy atom. The van der Waals surface area contributed by atoms with E-state index in [-0.39, 0.29) is 5.91 Å². The molecule has 0 spiro atoms. The van der Waals surface area contributed by atoms with E-state index in [9.17, 15) is 4.79 Å². The molecule has 1 fully saturated rings. The SMILES string of the molecule is Cc1cccc(N2CCN(CCNC(=O)c3cnc4ccccc4c3)CC2)c1. The first-order valence-electron chi connectivity index (χ1n) is 9.86. The Balaban J connectivity index is 1.24. The summed E-state index contributed by atoms with van der Waals surface area (Å²) in [5.41, 5.74) is 4.12. The largest absolute Gasteiger partial charge is 0.369 e. The van der Waals surface area contributed by atoms with Crippen LogP contribution >= 0.6 is 0 Å². The second-order valence-corrected chi connectivity index (χ2v) is 7.34. The predicted octanol–water partition coefficient (Wildman–Crippen LogP) is 3.10. The van der Waals surface area contributed by atoms with E-state index in [0.717, 1.165) is 43.6 Å². The number of pyridine rings is 1. The van der Waals surface area contributed by atoms with Crippen LogP contribution in [0, 0.1) is 6.92 Å². The van der Waals surface area contributed by atoms with Crippen molar-refractivity contribution in [1.82, 2.24) is 15.2 Å². The van der Waals surface area contributed by atoms with E-state index in [0.29, 0.717) is 12.1 Å². The van der Waals surface area contributed by atoms with Gasteiger partial charge in [-0.25, -0.2) is 0 Å². The molecule has 2 aromatic carbocycles. The first kappa shape index (κ1) is 18.4. The number of amides is 1. The molecule has 4 rings (SSSR count). The van der Waals surface area contributed by atoms with Gasteiger partial charge in [0.25, 0.3) is 5.91 Å². The van der Waals surface area contributed by atoms with Crippen molar-refractivity contribution in [2.24, 2.45) is 0 Å². The van der Waals surface area contributed by atoms with Gasteiger partial charge in [-0.3, -0.25) is 14.7 Å². The van der Waals surface area contributed by atoms with E-state index < -0.39 is 0 Å². The fourth-order valence-corrected chi connectivity index (χ4v) is 3.68. The van der Waals surface area contributed by atoms with Gasteiger partial charge in [-0.1, -0.05) is 30.3 Å². The Kier molecular flexibility index (Phi) is 5.53. The molecule has 0 saturated carbocycles. The third-order valence-electron chi connectivity index (χ3n) is 5.31. The molecule has 5 nitrogen and oxygen atoms in total. The zero-order chi connectivity index (χ0) is 19.3. The molecule has 1 saturated heterocycles. The van der Waals surface area contributed by atoms with E-state index in [1.54, 1.807) is 6.20 Å². The number of para-hydroxylation sites is 1. The van der Waals surface area contributed by atoms with Crippen molar-refractivity contribution in [1.29, 1.82) is 0 Å². The molecule has 0 unspecified atom stereocenters. The van der Waals surface area contributed by atoms with E-state index in [2.05, 4.69) is 51.3 Å². The molecule has 1 aliphatic heterocycles. The number of nitrogens with one attached hydrogen (secondary N) is 1. The van der Waals surface area contributed by atoms with Gasteiger partial charge in [-0.2, -0.15) is 0 Å². The van der Waals surface area contributed by atoms with Crippen molar-refractivity contribution in [3.8, 4) is 0 Å². The summed E-state index contributed by atoms with van der Waals surface area (Å²) in [5.74, 6) is -0.0587. The lowest BCUT2D eigenvalue weighted by molar-refractivity contribution is 0.0947. The summed E-state index contributed by atoms with van der Waals surface area (Å²) in [6.07, 6.45) is 1.65. The van der Waals surface area contributed by atoms with Gasteiger partial charge in [0.15, 0.2) is 0 Å². The highest BCUT2D eigenvalue weighted by atomic mass is 16.1. The standard InChI is InChI=1S/C23H26N4O/c1-18-5-4-7-21(15-18)27-13-11-26(12-14-27)10-9-24-23(28)20-16-19-6-2-3-8-22(19)25-17-20/h2-8,15-17H,9-14H2,1H3,(H,24,28). The molecule has 1 N–H and O–H groups in total. The van der Waals surface area contributed by atoms with Crippen LogP contribution in [0.25, 0.3) is 10.9 Å². The monoisotopic (exact) mass is 374 g/mol. The summed E-state index contributed by atoms with van der Waals surface area (Å²) in [5, 5.41) is 4.02. The van der Waals surface area contributed by atoms with Crippen LogP contribution in [0.15, 0.2) is 60.8 Å². The van der Waals surface area contributed by atoms with Gasteiger partial charge in [0.05, 0.1) is 11.1 Å². The van der Waals surface area contributed by atoms with Crippen LogP contribution in [-0.4, -0.2) is 55.1 Å². The third kappa shape index (κ3) is 4.31. The molecule has 1 amide bonds. The van der Waals surface area contributed by atoms with E-state index in [1.165, 1.54) is 11.3 Å². The van der Waals surface area contributed by atoms with Crippen molar-refractivity contribution in [3.63, 3.8) is 0 Å². The van der Waals surface area contributed by atoms with Gasteiger partial charge in [-0.05, 0) is 36.8 Å². The van der Waals surface area contributed by atoms with Crippen molar-refractivity contribution >= 4 is 22.5 Å². The van der Waals surface area contributed by atoms with Crippen LogP contribution in [-0.2, 0) is 0 Å². The maximum absolute atomic E-state index is 12.4. The lowest BCUT2D eigenvalue weighted by Gasteiger charge is -2.36. The normalized spacial score (nSPS) is 15.0. The molecule has 0 radical (unpaired) electrons. The van der Waals surface area contributed by atoms with Crippen LogP contribution < -0.4 is 10.2 Å². The molecule has 0 aliphatic carbocycles. The third-order valence-corrected chi connectivity index (χ3v) is 5.31. The molecule has 28 heavy (non-hydrogen) atoms. The summed E-state index contributed by atoms with van der Waals surface area (Å²) in [6.45, 7) is 7.72. The number of piperazine rings is 1. The maximum atomic E-state index is 12.4. The van der Waals surface area contributed by atoms with Crippen molar-refractivity contribution in [2.75, 3.05) is 44.2 Å². The van der Waals surface area contributed by atoms with Crippen molar-refractivity contribution in [3.05, 3.63) is 71.9 Å². The smallest absolute Gasteiger partial charge is 0.252 e. The number of hydrogen-bond donors (Lipinski definition) is 1. The summed E-state index contributed by atoms with van der Waals surface area (Å²) < 4.78 is 0. The first-order valence-corrected chi connectivity index (χ1v) is 9.86. The quantitative estimate of drug-likeness (QED) is 0.746. The average molecular weight is 374 g/mol. The Labute approximate surface area is 166 Å². The highest BCUT2D eigenvalue weighted by Crippen LogP contribution is 2.17. The molecule has 3 aromatic rings. The lowest BCUT2D eigenvalue weighted by atomic mass is 10.1. The second-order valence-electron chi connectivity index (χ2n) is 7.34. The highest BCUT2D eigenvalue weighted by molar-refractivity contribution is 5.97. The average Bonchev–Trinajstić information content (AvgIpc) is 2.74. The Bertz CT molecular complexity index is 963. The number of carbonyl (C=O) groups excluding carboxylic acids is 1. The minimum Gasteiger partial charge on any atom is -0.369 e. The van der Waals surface area contributed by atoms with Crippen molar-refractivity contribution < 1.29 is 4.79 Å². The molecule has 0 atom stereocenters. The van der Waals surface area contributed by atoms with Gasteiger partial charge < -0.3 is 10.2 Å². The molecule has 5 heteroatoms. The van der Waals surface area contributed by atoms with E-state index >= 15 is 0 Å². The molecule has 144 valence electrons. The number of fused-ring (bicyclic) bond motifs is 1. The number of nitrogens with zero attached hydrogens (tertiary/aromatic N) is 3. The molecule has 0 bridgehead atoms. The molecular weight excluding hydrogens is 348 g/mol. The molecule has 2 heterocycles. The van der Waals surface area contributed by atoms with Gasteiger partial charge in [0, 0.05) is 56.5 Å². The maximum Gasteiger partial charge on any atom is 0.252 e. The molecule has 1 aliphatic rings. The van der Waals surface area contributed by atoms with E-state index in [4.69, 9.17) is 0 Å². The van der Waals surface area contributed by atoms with Gasteiger partial charge >= 0.3 is 0 Å². The topological polar surface area (TPSA) is 48.5 Å². The number of carbonyl (C=O) groups is 1. The predicted molar refractivity (Wildman–Crippen MR) is 114 cm³/mol. The number of aryl methyl sites for hydroxylation is 1. The number of benzene rings is 2. The highest BCUT2D eigenvalue weighted by Gasteiger charge is 2.17. The Morgan fingerprint density at radius 1 is 1.04 bits per heavy atom. The van der Waals surface area contributed by atoms with Crippen LogP contribution in [0.1, 0.15) is 15.9 Å². The zero-order valence-corrected chi connectivity index (χ0v) is 16.3. The van der Waals surface area contributed by atoms with Crippen LogP contribution in [0.2, 0.25) is 0 Å². The Morgan fingerprint density at radius 3 is 2.68 bits per heavy atom. The van der Waals surface area contributed by atoms with Crippen LogP contribution in [0.3, 0.4) is 0 Å². The van der Waals surface area contributed by atoms with Gasteiger partial charge in [-0.15, -0.1) is 0 Å². The van der Waals surface area contributed by atoms with Gasteiger partial charge in [0.1, 0.15) is 0 Å². The zero-order valence-electron chi connectivity index (χ0n) is 16.3. The minimum absolute atomic E-state index is 0.0587. The number of anilines is 1. The summed E-state index contributed by atoms with van der Waals surface area (Å²) >= 11 is 0. The first-order chi connectivity index (χ1) is 13.7. The summed E-state index contributed by atoms with van der Waals surface area (Å²) in [7, 11) is 0. The number of rotatable bonds is 5. The molecule has 1 aromatic heterocycles. The number of hydrogen-bond acceptors (Lipinski definition) is 4. The van der Waals surface area contributed by atoms with Crippen molar-refractivity contribution in [2.45, 2.75) is 6.92 Å². The fraction of sp³-hybridized carbons (Fsp3) is 0.304.